The lowest BCUT2D eigenvalue weighted by Gasteiger charge is -2.16. The maximum atomic E-state index is 13.5. The number of fused-ring (bicyclic) bond motifs is 1. The number of alkyl halides is 1. The smallest absolute Gasteiger partial charge is 0.132 e. The molecule has 1 aliphatic carbocycles. The first kappa shape index (κ1) is 15.5. The fourth-order valence-corrected chi connectivity index (χ4v) is 3.39. The number of H-pyrrole nitrogens is 1. The van der Waals surface area contributed by atoms with Gasteiger partial charge in [0.1, 0.15) is 35.4 Å². The van der Waals surface area contributed by atoms with Crippen LogP contribution in [-0.4, -0.2) is 45.0 Å². The molecule has 26 heavy (non-hydrogen) atoms. The van der Waals surface area contributed by atoms with E-state index in [2.05, 4.69) is 27.1 Å². The summed E-state index contributed by atoms with van der Waals surface area (Å²) in [6.07, 6.45) is 3.45. The van der Waals surface area contributed by atoms with Crippen molar-refractivity contribution in [3.05, 3.63) is 30.6 Å². The van der Waals surface area contributed by atoms with Gasteiger partial charge in [0.05, 0.1) is 17.8 Å². The summed E-state index contributed by atoms with van der Waals surface area (Å²) < 4.78 is 19.6. The van der Waals surface area contributed by atoms with E-state index in [1.165, 1.54) is 6.33 Å². The van der Waals surface area contributed by atoms with Gasteiger partial charge in [-0.15, -0.1) is 0 Å². The summed E-state index contributed by atoms with van der Waals surface area (Å²) >= 11 is 0. The van der Waals surface area contributed by atoms with Crippen molar-refractivity contribution in [2.75, 3.05) is 18.0 Å². The Morgan fingerprint density at radius 2 is 2.15 bits per heavy atom. The molecular weight excluding hydrogens is 333 g/mol. The number of halogens is 1. The van der Waals surface area contributed by atoms with Crippen LogP contribution in [0.3, 0.4) is 0 Å². The second kappa shape index (κ2) is 5.65. The Morgan fingerprint density at radius 1 is 1.27 bits per heavy atom. The van der Waals surface area contributed by atoms with Crippen LogP contribution >= 0.6 is 0 Å². The molecule has 1 aliphatic heterocycles. The molecular formula is C19H20FN5O. The molecule has 0 bridgehead atoms. The molecule has 6 nitrogen and oxygen atoms in total. The molecule has 2 aliphatic rings. The maximum Gasteiger partial charge on any atom is 0.132 e. The highest BCUT2D eigenvalue weighted by atomic mass is 19.1. The van der Waals surface area contributed by atoms with Crippen molar-refractivity contribution in [2.45, 2.75) is 38.0 Å². The van der Waals surface area contributed by atoms with Crippen LogP contribution < -0.4 is 9.64 Å². The zero-order valence-electron chi connectivity index (χ0n) is 14.6. The van der Waals surface area contributed by atoms with Crippen LogP contribution in [0, 0.1) is 0 Å². The molecule has 1 atom stereocenters. The first-order valence-corrected chi connectivity index (χ1v) is 8.98. The van der Waals surface area contributed by atoms with Gasteiger partial charge in [-0.3, -0.25) is 5.10 Å². The molecule has 7 heteroatoms. The summed E-state index contributed by atoms with van der Waals surface area (Å²) in [5, 5.41) is 8.45. The van der Waals surface area contributed by atoms with E-state index < -0.39 is 6.17 Å². The molecule has 3 aromatic rings. The Hall–Kier alpha value is -2.70. The fraction of sp³-hybridized carbons (Fsp3) is 0.421. The molecule has 5 rings (SSSR count). The number of anilines is 1. The van der Waals surface area contributed by atoms with Crippen LogP contribution in [0.1, 0.15) is 26.2 Å². The number of benzene rings is 1. The van der Waals surface area contributed by atoms with Crippen molar-refractivity contribution in [1.82, 2.24) is 20.2 Å². The van der Waals surface area contributed by atoms with Crippen LogP contribution in [0.5, 0.6) is 5.75 Å². The summed E-state index contributed by atoms with van der Waals surface area (Å²) in [4.78, 5) is 10.6. The second-order valence-electron chi connectivity index (χ2n) is 7.42. The number of aromatic nitrogens is 4. The minimum Gasteiger partial charge on any atom is -0.488 e. The average molecular weight is 353 g/mol. The van der Waals surface area contributed by atoms with Gasteiger partial charge in [-0.05, 0) is 44.4 Å². The maximum absolute atomic E-state index is 13.5. The van der Waals surface area contributed by atoms with Crippen LogP contribution in [0.2, 0.25) is 0 Å². The van der Waals surface area contributed by atoms with Gasteiger partial charge in [0.2, 0.25) is 0 Å². The van der Waals surface area contributed by atoms with E-state index in [-0.39, 0.29) is 5.60 Å². The molecule has 1 saturated heterocycles. The Balaban J connectivity index is 1.51. The number of ether oxygens (including phenoxy) is 1. The summed E-state index contributed by atoms with van der Waals surface area (Å²) in [6, 6.07) is 7.82. The summed E-state index contributed by atoms with van der Waals surface area (Å²) in [5.74, 6) is 1.58. The largest absolute Gasteiger partial charge is 0.488 e. The SMILES string of the molecule is CC1(Oc2ccc3[nH]nc(-c4cc(N5CCC(F)C5)ncn4)c3c2)CC1. The minimum atomic E-state index is -0.789. The van der Waals surface area contributed by atoms with Crippen LogP contribution in [-0.2, 0) is 0 Å². The predicted molar refractivity (Wildman–Crippen MR) is 97.1 cm³/mol. The number of aromatic amines is 1. The van der Waals surface area contributed by atoms with Crippen LogP contribution in [0.15, 0.2) is 30.6 Å². The molecule has 0 spiro atoms. The van der Waals surface area contributed by atoms with E-state index in [1.807, 2.05) is 29.2 Å². The number of hydrogen-bond donors (Lipinski definition) is 1. The van der Waals surface area contributed by atoms with Crippen molar-refractivity contribution in [3.8, 4) is 17.1 Å². The van der Waals surface area contributed by atoms with Crippen molar-refractivity contribution < 1.29 is 9.13 Å². The van der Waals surface area contributed by atoms with Gasteiger partial charge in [-0.2, -0.15) is 5.10 Å². The van der Waals surface area contributed by atoms with Gasteiger partial charge in [0.15, 0.2) is 0 Å². The highest BCUT2D eigenvalue weighted by molar-refractivity contribution is 5.93. The highest BCUT2D eigenvalue weighted by Crippen LogP contribution is 2.40. The van der Waals surface area contributed by atoms with Crippen molar-refractivity contribution >= 4 is 16.7 Å². The van der Waals surface area contributed by atoms with E-state index in [9.17, 15) is 4.39 Å². The molecule has 134 valence electrons. The Kier molecular flexibility index (Phi) is 3.38. The fourth-order valence-electron chi connectivity index (χ4n) is 3.39. The van der Waals surface area contributed by atoms with Gasteiger partial charge in [0, 0.05) is 18.0 Å². The van der Waals surface area contributed by atoms with Gasteiger partial charge >= 0.3 is 0 Å². The summed E-state index contributed by atoms with van der Waals surface area (Å²) in [7, 11) is 0. The average Bonchev–Trinajstić information content (AvgIpc) is 3.05. The monoisotopic (exact) mass is 353 g/mol. The summed E-state index contributed by atoms with van der Waals surface area (Å²) in [6.45, 7) is 3.18. The molecule has 2 fully saturated rings. The zero-order valence-corrected chi connectivity index (χ0v) is 14.6. The Labute approximate surface area is 150 Å². The van der Waals surface area contributed by atoms with E-state index in [1.54, 1.807) is 0 Å². The van der Waals surface area contributed by atoms with Crippen molar-refractivity contribution in [1.29, 1.82) is 0 Å². The molecule has 2 aromatic heterocycles. The molecule has 0 radical (unpaired) electrons. The number of hydrogen-bond acceptors (Lipinski definition) is 5. The standard InChI is InChI=1S/C19H20FN5O/c1-19(5-6-19)26-13-2-3-15-14(8-13)18(24-23-15)16-9-17(22-11-21-16)25-7-4-12(20)10-25/h2-3,8-9,11-12H,4-7,10H2,1H3,(H,23,24). The molecule has 1 aromatic carbocycles. The van der Waals surface area contributed by atoms with Gasteiger partial charge in [0.25, 0.3) is 0 Å². The predicted octanol–water partition coefficient (Wildman–Crippen LogP) is 3.50. The topological polar surface area (TPSA) is 66.9 Å². The molecule has 3 heterocycles. The normalized spacial score (nSPS) is 21.3. The van der Waals surface area contributed by atoms with Crippen molar-refractivity contribution in [2.24, 2.45) is 0 Å². The lowest BCUT2D eigenvalue weighted by atomic mass is 10.1. The van der Waals surface area contributed by atoms with E-state index in [4.69, 9.17) is 4.74 Å². The second-order valence-corrected chi connectivity index (χ2v) is 7.42. The molecule has 1 unspecified atom stereocenters. The van der Waals surface area contributed by atoms with Crippen LogP contribution in [0.25, 0.3) is 22.3 Å². The lowest BCUT2D eigenvalue weighted by Crippen LogP contribution is -2.21. The van der Waals surface area contributed by atoms with Gasteiger partial charge in [-0.25, -0.2) is 14.4 Å². The van der Waals surface area contributed by atoms with E-state index >= 15 is 0 Å². The molecule has 0 amide bonds. The Bertz CT molecular complexity index is 967. The first-order chi connectivity index (χ1) is 12.6. The Morgan fingerprint density at radius 3 is 2.92 bits per heavy atom. The first-order valence-electron chi connectivity index (χ1n) is 8.98. The van der Waals surface area contributed by atoms with E-state index in [0.717, 1.165) is 46.7 Å². The minimum absolute atomic E-state index is 0.0294. The third-order valence-electron chi connectivity index (χ3n) is 5.20. The quantitative estimate of drug-likeness (QED) is 0.778. The van der Waals surface area contributed by atoms with Crippen LogP contribution in [0.4, 0.5) is 10.2 Å². The van der Waals surface area contributed by atoms with Crippen molar-refractivity contribution in [3.63, 3.8) is 0 Å². The molecule has 1 N–H and O–H groups in total. The molecule has 1 saturated carbocycles. The third-order valence-corrected chi connectivity index (χ3v) is 5.20. The number of nitrogens with zero attached hydrogens (tertiary/aromatic N) is 4. The highest BCUT2D eigenvalue weighted by Gasteiger charge is 2.40. The van der Waals surface area contributed by atoms with Gasteiger partial charge in [-0.1, -0.05) is 0 Å². The lowest BCUT2D eigenvalue weighted by molar-refractivity contribution is 0.200. The van der Waals surface area contributed by atoms with E-state index in [0.29, 0.717) is 19.5 Å². The van der Waals surface area contributed by atoms with Gasteiger partial charge < -0.3 is 9.64 Å². The zero-order chi connectivity index (χ0) is 17.7. The third kappa shape index (κ3) is 2.77. The number of nitrogens with one attached hydrogen (secondary N) is 1. The summed E-state index contributed by atoms with van der Waals surface area (Å²) in [5.41, 5.74) is 2.38. The number of rotatable bonds is 4.